The number of ether oxygens (including phenoxy) is 3. The summed E-state index contributed by atoms with van der Waals surface area (Å²) in [5.41, 5.74) is 6.07. The van der Waals surface area contributed by atoms with Crippen molar-refractivity contribution in [2.75, 3.05) is 0 Å². The van der Waals surface area contributed by atoms with E-state index in [0.29, 0.717) is 12.0 Å². The van der Waals surface area contributed by atoms with Gasteiger partial charge in [-0.2, -0.15) is 0 Å². The second kappa shape index (κ2) is 8.18. The number of hydrogen-bond acceptors (Lipinski definition) is 4. The molecule has 2 aromatic rings. The van der Waals surface area contributed by atoms with Gasteiger partial charge in [0.15, 0.2) is 5.78 Å². The number of fused-ring (bicyclic) bond motifs is 4. The maximum absolute atomic E-state index is 13.2. The maximum atomic E-state index is 13.2. The third kappa shape index (κ3) is 4.35. The van der Waals surface area contributed by atoms with Gasteiger partial charge in [0.2, 0.25) is 0 Å². The first-order valence-electron chi connectivity index (χ1n) is 12.5. The van der Waals surface area contributed by atoms with Crippen LogP contribution in [-0.2, 0) is 19.3 Å². The largest absolute Gasteiger partial charge is 0.487 e. The van der Waals surface area contributed by atoms with Crippen molar-refractivity contribution in [3.8, 4) is 17.2 Å². The molecule has 0 saturated carbocycles. The van der Waals surface area contributed by atoms with E-state index >= 15 is 0 Å². The Bertz CT molecular complexity index is 1180. The van der Waals surface area contributed by atoms with E-state index in [1.807, 2.05) is 12.1 Å². The number of Topliss-reactive ketones (excluding diaryl/α,β-unsaturated/α-hetero) is 1. The molecule has 4 nitrogen and oxygen atoms in total. The van der Waals surface area contributed by atoms with Gasteiger partial charge in [-0.3, -0.25) is 4.79 Å². The molecule has 0 bridgehead atoms. The molecule has 0 aromatic heterocycles. The van der Waals surface area contributed by atoms with E-state index in [1.165, 1.54) is 16.7 Å². The smallest absolute Gasteiger partial charge is 0.170 e. The summed E-state index contributed by atoms with van der Waals surface area (Å²) < 4.78 is 19.3. The van der Waals surface area contributed by atoms with Crippen LogP contribution in [0.15, 0.2) is 35.9 Å². The molecule has 3 aliphatic heterocycles. The van der Waals surface area contributed by atoms with Crippen LogP contribution < -0.4 is 14.2 Å². The Morgan fingerprint density at radius 1 is 1.00 bits per heavy atom. The highest BCUT2D eigenvalue weighted by Crippen LogP contribution is 2.46. The van der Waals surface area contributed by atoms with Crippen LogP contribution in [-0.4, -0.2) is 17.0 Å². The van der Waals surface area contributed by atoms with Gasteiger partial charge < -0.3 is 14.2 Å². The molecule has 0 amide bonds. The fourth-order valence-electron chi connectivity index (χ4n) is 5.23. The molecule has 0 aliphatic carbocycles. The molecule has 0 unspecified atom stereocenters. The molecule has 34 heavy (non-hydrogen) atoms. The zero-order chi connectivity index (χ0) is 24.3. The Labute approximate surface area is 203 Å². The number of carbonyl (C=O) groups is 1. The molecule has 0 fully saturated rings. The lowest BCUT2D eigenvalue weighted by Gasteiger charge is -2.36. The van der Waals surface area contributed by atoms with Gasteiger partial charge in [-0.05, 0) is 115 Å². The highest BCUT2D eigenvalue weighted by molar-refractivity contribution is 6.00. The Balaban J connectivity index is 1.54. The van der Waals surface area contributed by atoms with E-state index in [-0.39, 0.29) is 23.1 Å². The van der Waals surface area contributed by atoms with Gasteiger partial charge in [-0.25, -0.2) is 0 Å². The first-order valence-corrected chi connectivity index (χ1v) is 12.5. The van der Waals surface area contributed by atoms with E-state index in [4.69, 9.17) is 14.2 Å². The minimum atomic E-state index is -0.299. The highest BCUT2D eigenvalue weighted by Gasteiger charge is 2.36. The first kappa shape index (κ1) is 23.0. The van der Waals surface area contributed by atoms with Gasteiger partial charge in [0, 0.05) is 5.56 Å². The van der Waals surface area contributed by atoms with Crippen LogP contribution in [0.3, 0.4) is 0 Å². The fraction of sp³-hybridized carbons (Fsp3) is 0.500. The Hall–Kier alpha value is -2.75. The number of benzene rings is 2. The average Bonchev–Trinajstić information content (AvgIpc) is 2.75. The third-order valence-electron chi connectivity index (χ3n) is 7.25. The molecule has 1 atom stereocenters. The summed E-state index contributed by atoms with van der Waals surface area (Å²) in [5.74, 6) is 2.71. The van der Waals surface area contributed by atoms with Crippen molar-refractivity contribution in [2.24, 2.45) is 0 Å². The van der Waals surface area contributed by atoms with Gasteiger partial charge in [-0.1, -0.05) is 11.6 Å². The summed E-state index contributed by atoms with van der Waals surface area (Å²) in [4.78, 5) is 13.2. The van der Waals surface area contributed by atoms with Crippen molar-refractivity contribution in [1.82, 2.24) is 0 Å². The molecule has 4 heteroatoms. The summed E-state index contributed by atoms with van der Waals surface area (Å²) in [6.45, 7) is 12.8. The molecule has 3 heterocycles. The molecular weight excluding hydrogens is 424 g/mol. The maximum Gasteiger partial charge on any atom is 0.170 e. The second-order valence-electron chi connectivity index (χ2n) is 11.5. The topological polar surface area (TPSA) is 44.8 Å². The van der Waals surface area contributed by atoms with Crippen LogP contribution in [0.1, 0.15) is 99.5 Å². The molecule has 3 aliphatic rings. The van der Waals surface area contributed by atoms with Crippen LogP contribution in [0.5, 0.6) is 17.2 Å². The SMILES string of the molecule is CC(C)=CCc1cc([C@H]2CC(=O)c3ccc4c(c3O2)CCC(C)(C)O4)cc2c1OC(C)(C)CC2. The lowest BCUT2D eigenvalue weighted by Crippen LogP contribution is -2.34. The van der Waals surface area contributed by atoms with Crippen molar-refractivity contribution in [3.05, 3.63) is 63.7 Å². The summed E-state index contributed by atoms with van der Waals surface area (Å²) in [5, 5.41) is 0. The Kier molecular flexibility index (Phi) is 5.54. The zero-order valence-corrected chi connectivity index (χ0v) is 21.3. The van der Waals surface area contributed by atoms with E-state index < -0.39 is 0 Å². The van der Waals surface area contributed by atoms with E-state index in [2.05, 4.69) is 59.8 Å². The van der Waals surface area contributed by atoms with Gasteiger partial charge in [0.1, 0.15) is 34.6 Å². The van der Waals surface area contributed by atoms with Crippen LogP contribution in [0.4, 0.5) is 0 Å². The number of aryl methyl sites for hydroxylation is 1. The van der Waals surface area contributed by atoms with Gasteiger partial charge in [0.25, 0.3) is 0 Å². The van der Waals surface area contributed by atoms with Crippen LogP contribution in [0.2, 0.25) is 0 Å². The summed E-state index contributed by atoms with van der Waals surface area (Å²) in [6, 6.07) is 8.20. The van der Waals surface area contributed by atoms with E-state index in [1.54, 1.807) is 0 Å². The van der Waals surface area contributed by atoms with Crippen LogP contribution >= 0.6 is 0 Å². The van der Waals surface area contributed by atoms with E-state index in [9.17, 15) is 4.79 Å². The second-order valence-corrected chi connectivity index (χ2v) is 11.5. The Morgan fingerprint density at radius 3 is 2.50 bits per heavy atom. The Morgan fingerprint density at radius 2 is 1.74 bits per heavy atom. The van der Waals surface area contributed by atoms with Crippen molar-refractivity contribution in [2.45, 2.75) is 97.4 Å². The number of allylic oxidation sites excluding steroid dienone is 2. The molecular formula is C30H36O4. The highest BCUT2D eigenvalue weighted by atomic mass is 16.5. The molecule has 5 rings (SSSR count). The van der Waals surface area contributed by atoms with Crippen molar-refractivity contribution in [3.63, 3.8) is 0 Å². The monoisotopic (exact) mass is 460 g/mol. The summed E-state index contributed by atoms with van der Waals surface area (Å²) >= 11 is 0. The van der Waals surface area contributed by atoms with E-state index in [0.717, 1.165) is 60.5 Å². The van der Waals surface area contributed by atoms with Crippen molar-refractivity contribution >= 4 is 5.78 Å². The number of rotatable bonds is 3. The average molecular weight is 461 g/mol. The lowest BCUT2D eigenvalue weighted by atomic mass is 9.86. The van der Waals surface area contributed by atoms with Crippen molar-refractivity contribution < 1.29 is 19.0 Å². The first-order chi connectivity index (χ1) is 16.0. The minimum Gasteiger partial charge on any atom is -0.487 e. The quantitative estimate of drug-likeness (QED) is 0.458. The molecule has 0 saturated heterocycles. The summed E-state index contributed by atoms with van der Waals surface area (Å²) in [7, 11) is 0. The third-order valence-corrected chi connectivity index (χ3v) is 7.25. The molecule has 0 radical (unpaired) electrons. The lowest BCUT2D eigenvalue weighted by molar-refractivity contribution is 0.0765. The number of carbonyl (C=O) groups excluding carboxylic acids is 1. The van der Waals surface area contributed by atoms with Crippen LogP contribution in [0.25, 0.3) is 0 Å². The van der Waals surface area contributed by atoms with Crippen LogP contribution in [0, 0.1) is 0 Å². The standard InChI is InChI=1S/C30H36O4/c1-18(2)7-8-19-15-21(16-20-11-13-30(5,6)34-27(19)20)26-17-24(31)22-9-10-25-23(28(22)32-26)12-14-29(3,4)33-25/h7,9-10,15-16,26H,8,11-14,17H2,1-6H3/t26-/m1/s1. The minimum absolute atomic E-state index is 0.139. The van der Waals surface area contributed by atoms with Gasteiger partial charge in [-0.15, -0.1) is 0 Å². The molecule has 0 N–H and O–H groups in total. The summed E-state index contributed by atoms with van der Waals surface area (Å²) in [6.07, 6.45) is 6.79. The van der Waals surface area contributed by atoms with Gasteiger partial charge >= 0.3 is 0 Å². The number of ketones is 1. The molecule has 2 aromatic carbocycles. The normalized spacial score (nSPS) is 21.7. The fourth-order valence-corrected chi connectivity index (χ4v) is 5.23. The predicted molar refractivity (Wildman–Crippen MR) is 134 cm³/mol. The predicted octanol–water partition coefficient (Wildman–Crippen LogP) is 7.11. The zero-order valence-electron chi connectivity index (χ0n) is 21.3. The molecule has 180 valence electrons. The van der Waals surface area contributed by atoms with Gasteiger partial charge in [0.05, 0.1) is 12.0 Å². The van der Waals surface area contributed by atoms with Crippen molar-refractivity contribution in [1.29, 1.82) is 0 Å². The molecule has 0 spiro atoms. The number of hydrogen-bond donors (Lipinski definition) is 0.